The minimum atomic E-state index is 0.266. The molecule has 0 aliphatic carbocycles. The van der Waals surface area contributed by atoms with Crippen molar-refractivity contribution < 1.29 is 10.2 Å². The molecule has 0 bridgehead atoms. The predicted octanol–water partition coefficient (Wildman–Crippen LogP) is 1.18. The first kappa shape index (κ1) is 12.2. The van der Waals surface area contributed by atoms with Gasteiger partial charge >= 0.3 is 0 Å². The number of nitrogens with zero attached hydrogens (tertiary/aromatic N) is 1. The number of phenols is 1. The van der Waals surface area contributed by atoms with Crippen molar-refractivity contribution in [3.63, 3.8) is 0 Å². The van der Waals surface area contributed by atoms with E-state index in [0.29, 0.717) is 17.4 Å². The second-order valence-corrected chi connectivity index (χ2v) is 4.79. The first-order chi connectivity index (χ1) is 8.19. The maximum atomic E-state index is 9.74. The van der Waals surface area contributed by atoms with Gasteiger partial charge in [0.1, 0.15) is 5.75 Å². The third-order valence-electron chi connectivity index (χ3n) is 3.40. The highest BCUT2D eigenvalue weighted by molar-refractivity contribution is 5.47. The Morgan fingerprint density at radius 1 is 1.41 bits per heavy atom. The molecule has 17 heavy (non-hydrogen) atoms. The summed E-state index contributed by atoms with van der Waals surface area (Å²) in [5, 5.41) is 18.7. The van der Waals surface area contributed by atoms with Crippen molar-refractivity contribution in [3.8, 4) is 5.75 Å². The Hall–Kier alpha value is -1.26. The van der Waals surface area contributed by atoms with Crippen molar-refractivity contribution >= 4 is 5.69 Å². The van der Waals surface area contributed by atoms with Crippen molar-refractivity contribution in [2.24, 2.45) is 5.92 Å². The minimum absolute atomic E-state index is 0.266. The van der Waals surface area contributed by atoms with Gasteiger partial charge in [-0.1, -0.05) is 0 Å². The van der Waals surface area contributed by atoms with Gasteiger partial charge in [-0.15, -0.1) is 0 Å². The Morgan fingerprint density at radius 3 is 3.00 bits per heavy atom. The number of nitrogen functional groups attached to an aromatic ring is 1. The fourth-order valence-electron chi connectivity index (χ4n) is 2.45. The van der Waals surface area contributed by atoms with Crippen molar-refractivity contribution in [2.45, 2.75) is 19.4 Å². The molecule has 2 rings (SSSR count). The second kappa shape index (κ2) is 5.38. The molecule has 1 aliphatic rings. The monoisotopic (exact) mass is 236 g/mol. The molecule has 1 atom stereocenters. The first-order valence-electron chi connectivity index (χ1n) is 6.09. The van der Waals surface area contributed by atoms with Crippen LogP contribution in [0.4, 0.5) is 5.69 Å². The van der Waals surface area contributed by atoms with Crippen LogP contribution in [0.3, 0.4) is 0 Å². The van der Waals surface area contributed by atoms with Gasteiger partial charge in [-0.25, -0.2) is 0 Å². The number of hydrogen-bond acceptors (Lipinski definition) is 4. The average molecular weight is 236 g/mol. The van der Waals surface area contributed by atoms with Crippen LogP contribution in [-0.4, -0.2) is 34.8 Å². The summed E-state index contributed by atoms with van der Waals surface area (Å²) in [6, 6.07) is 5.18. The van der Waals surface area contributed by atoms with Gasteiger partial charge in [-0.05, 0) is 43.5 Å². The molecule has 0 saturated carbocycles. The second-order valence-electron chi connectivity index (χ2n) is 4.79. The molecule has 1 unspecified atom stereocenters. The van der Waals surface area contributed by atoms with Crippen LogP contribution in [-0.2, 0) is 6.54 Å². The maximum absolute atomic E-state index is 9.74. The van der Waals surface area contributed by atoms with Gasteiger partial charge in [0.05, 0.1) is 0 Å². The lowest BCUT2D eigenvalue weighted by Gasteiger charge is -2.17. The third kappa shape index (κ3) is 3.11. The largest absolute Gasteiger partial charge is 0.508 e. The molecule has 4 heteroatoms. The predicted molar refractivity (Wildman–Crippen MR) is 67.6 cm³/mol. The molecule has 0 spiro atoms. The van der Waals surface area contributed by atoms with Gasteiger partial charge in [0, 0.05) is 30.9 Å². The van der Waals surface area contributed by atoms with E-state index in [4.69, 9.17) is 10.8 Å². The highest BCUT2D eigenvalue weighted by Crippen LogP contribution is 2.25. The summed E-state index contributed by atoms with van der Waals surface area (Å²) < 4.78 is 0. The summed E-state index contributed by atoms with van der Waals surface area (Å²) in [5.41, 5.74) is 7.28. The third-order valence-corrected chi connectivity index (χ3v) is 3.40. The van der Waals surface area contributed by atoms with E-state index in [1.807, 2.05) is 6.07 Å². The molecule has 1 aliphatic heterocycles. The molecule has 1 heterocycles. The Kier molecular flexibility index (Phi) is 3.86. The van der Waals surface area contributed by atoms with E-state index in [2.05, 4.69) is 4.90 Å². The zero-order valence-corrected chi connectivity index (χ0v) is 9.97. The zero-order valence-electron chi connectivity index (χ0n) is 9.97. The van der Waals surface area contributed by atoms with Crippen LogP contribution in [0.15, 0.2) is 18.2 Å². The highest BCUT2D eigenvalue weighted by atomic mass is 16.3. The fourth-order valence-corrected chi connectivity index (χ4v) is 2.45. The van der Waals surface area contributed by atoms with E-state index in [1.165, 1.54) is 0 Å². The number of benzene rings is 1. The number of nitrogens with two attached hydrogens (primary N) is 1. The lowest BCUT2D eigenvalue weighted by molar-refractivity contribution is 0.248. The summed E-state index contributed by atoms with van der Waals surface area (Å²) in [6.45, 7) is 3.02. The summed E-state index contributed by atoms with van der Waals surface area (Å²) in [6.07, 6.45) is 2.00. The van der Waals surface area contributed by atoms with Crippen LogP contribution >= 0.6 is 0 Å². The zero-order chi connectivity index (χ0) is 12.3. The minimum Gasteiger partial charge on any atom is -0.508 e. The van der Waals surface area contributed by atoms with Crippen molar-refractivity contribution in [1.29, 1.82) is 0 Å². The van der Waals surface area contributed by atoms with Crippen LogP contribution in [0.1, 0.15) is 18.4 Å². The molecule has 4 N–H and O–H groups in total. The maximum Gasteiger partial charge on any atom is 0.120 e. The number of phenolic OH excluding ortho intramolecular Hbond substituents is 1. The molecule has 94 valence electrons. The molecule has 1 aromatic rings. The Balaban J connectivity index is 1.95. The van der Waals surface area contributed by atoms with E-state index >= 15 is 0 Å². The average Bonchev–Trinajstić information content (AvgIpc) is 2.72. The number of aliphatic hydroxyl groups is 1. The summed E-state index contributed by atoms with van der Waals surface area (Å²) >= 11 is 0. The quantitative estimate of drug-likeness (QED) is 0.542. The van der Waals surface area contributed by atoms with Gasteiger partial charge in [0.25, 0.3) is 0 Å². The van der Waals surface area contributed by atoms with E-state index in [-0.39, 0.29) is 6.61 Å². The van der Waals surface area contributed by atoms with Crippen LogP contribution in [0.2, 0.25) is 0 Å². The smallest absolute Gasteiger partial charge is 0.120 e. The lowest BCUT2D eigenvalue weighted by atomic mass is 10.1. The molecule has 1 aromatic carbocycles. The Morgan fingerprint density at radius 2 is 2.24 bits per heavy atom. The van der Waals surface area contributed by atoms with E-state index in [0.717, 1.165) is 38.0 Å². The molecular formula is C13H20N2O2. The lowest BCUT2D eigenvalue weighted by Crippen LogP contribution is -2.20. The van der Waals surface area contributed by atoms with Crippen LogP contribution < -0.4 is 5.73 Å². The molecule has 0 radical (unpaired) electrons. The molecular weight excluding hydrogens is 216 g/mol. The summed E-state index contributed by atoms with van der Waals surface area (Å²) in [4.78, 5) is 2.30. The van der Waals surface area contributed by atoms with Crippen LogP contribution in [0.25, 0.3) is 0 Å². The molecule has 1 saturated heterocycles. The van der Waals surface area contributed by atoms with Crippen molar-refractivity contribution in [3.05, 3.63) is 23.8 Å². The highest BCUT2D eigenvalue weighted by Gasteiger charge is 2.22. The van der Waals surface area contributed by atoms with Gasteiger partial charge in [-0.3, -0.25) is 4.90 Å². The van der Waals surface area contributed by atoms with Gasteiger partial charge in [0.15, 0.2) is 0 Å². The molecule has 4 nitrogen and oxygen atoms in total. The molecule has 0 amide bonds. The fraction of sp³-hybridized carbons (Fsp3) is 0.538. The first-order valence-corrected chi connectivity index (χ1v) is 6.09. The van der Waals surface area contributed by atoms with Crippen LogP contribution in [0.5, 0.6) is 5.75 Å². The Bertz CT molecular complexity index is 382. The number of aliphatic hydroxyl groups excluding tert-OH is 1. The summed E-state index contributed by atoms with van der Waals surface area (Å²) in [5.74, 6) is 0.896. The summed E-state index contributed by atoms with van der Waals surface area (Å²) in [7, 11) is 0. The van der Waals surface area contributed by atoms with Crippen LogP contribution in [0, 0.1) is 5.92 Å². The van der Waals surface area contributed by atoms with Crippen molar-refractivity contribution in [1.82, 2.24) is 4.90 Å². The van der Waals surface area contributed by atoms with E-state index < -0.39 is 0 Å². The number of hydrogen-bond donors (Lipinski definition) is 3. The van der Waals surface area contributed by atoms with E-state index in [1.54, 1.807) is 12.1 Å². The topological polar surface area (TPSA) is 69.7 Å². The standard InChI is InChI=1S/C13H20N2O2/c14-12-1-2-13(17)11(7-12)9-15-5-3-10(8-15)4-6-16/h1-2,7,10,16-17H,3-6,8-9,14H2. The van der Waals surface area contributed by atoms with Crippen molar-refractivity contribution in [2.75, 3.05) is 25.4 Å². The molecule has 1 fully saturated rings. The van der Waals surface area contributed by atoms with E-state index in [9.17, 15) is 5.11 Å². The molecule has 0 aromatic heterocycles. The number of aromatic hydroxyl groups is 1. The van der Waals surface area contributed by atoms with Gasteiger partial charge in [0.2, 0.25) is 0 Å². The normalized spacial score (nSPS) is 20.9. The van der Waals surface area contributed by atoms with Gasteiger partial charge < -0.3 is 15.9 Å². The SMILES string of the molecule is Nc1ccc(O)c(CN2CCC(CCO)C2)c1. The number of anilines is 1. The Labute approximate surface area is 102 Å². The number of rotatable bonds is 4. The number of likely N-dealkylation sites (tertiary alicyclic amines) is 1. The van der Waals surface area contributed by atoms with Gasteiger partial charge in [-0.2, -0.15) is 0 Å².